The minimum Gasteiger partial charge on any atom is -0.476 e. The van der Waals surface area contributed by atoms with Crippen molar-refractivity contribution in [3.05, 3.63) is 46.1 Å². The van der Waals surface area contributed by atoms with E-state index in [0.29, 0.717) is 11.5 Å². The maximum atomic E-state index is 11.4. The van der Waals surface area contributed by atoms with Gasteiger partial charge in [0.25, 0.3) is 0 Å². The van der Waals surface area contributed by atoms with Gasteiger partial charge in [-0.3, -0.25) is 4.40 Å². The fourth-order valence-corrected chi connectivity index (χ4v) is 2.15. The zero-order chi connectivity index (χ0) is 12.7. The van der Waals surface area contributed by atoms with Crippen molar-refractivity contribution in [2.75, 3.05) is 0 Å². The van der Waals surface area contributed by atoms with Gasteiger partial charge in [0.2, 0.25) is 0 Å². The third kappa shape index (κ3) is 1.67. The van der Waals surface area contributed by atoms with Crippen molar-refractivity contribution in [1.82, 2.24) is 19.2 Å². The van der Waals surface area contributed by atoms with E-state index in [2.05, 4.69) is 32.7 Å². The molecule has 0 saturated carbocycles. The average Bonchev–Trinajstić information content (AvgIpc) is 2.91. The molecule has 1 N–H and O–H groups in total. The van der Waals surface area contributed by atoms with Crippen LogP contribution in [0.15, 0.2) is 36.8 Å². The topological polar surface area (TPSA) is 72.4 Å². The number of aromatic nitrogens is 4. The molecule has 3 heterocycles. The van der Waals surface area contributed by atoms with Crippen LogP contribution in [0.4, 0.5) is 0 Å². The molecule has 0 amide bonds. The fourth-order valence-electron chi connectivity index (χ4n) is 1.76. The van der Waals surface area contributed by atoms with Crippen molar-refractivity contribution in [2.24, 2.45) is 0 Å². The van der Waals surface area contributed by atoms with Gasteiger partial charge in [-0.2, -0.15) is 5.10 Å². The Hall–Kier alpha value is -1.90. The largest absolute Gasteiger partial charge is 0.476 e. The third-order valence-corrected chi connectivity index (χ3v) is 3.04. The van der Waals surface area contributed by atoms with Crippen LogP contribution in [-0.4, -0.2) is 30.2 Å². The molecule has 0 aliphatic carbocycles. The highest BCUT2D eigenvalue weighted by Gasteiger charge is 2.20. The number of halogens is 1. The molecular weight excluding hydrogens is 347 g/mol. The summed E-state index contributed by atoms with van der Waals surface area (Å²) in [7, 11) is 0. The summed E-state index contributed by atoms with van der Waals surface area (Å²) >= 11 is 2.11. The van der Waals surface area contributed by atoms with E-state index >= 15 is 0 Å². The summed E-state index contributed by atoms with van der Waals surface area (Å²) in [6.45, 7) is 0. The first-order valence-electron chi connectivity index (χ1n) is 5.08. The zero-order valence-electron chi connectivity index (χ0n) is 8.99. The van der Waals surface area contributed by atoms with Crippen LogP contribution in [0.5, 0.6) is 0 Å². The smallest absolute Gasteiger partial charge is 0.356 e. The molecule has 0 unspecified atom stereocenters. The average molecular weight is 354 g/mol. The second-order valence-electron chi connectivity index (χ2n) is 3.62. The van der Waals surface area contributed by atoms with Gasteiger partial charge in [0, 0.05) is 12.4 Å². The number of pyridine rings is 1. The fraction of sp³-hybridized carbons (Fsp3) is 0. The summed E-state index contributed by atoms with van der Waals surface area (Å²) in [5.41, 5.74) is 0.681. The normalized spacial score (nSPS) is 10.9. The van der Waals surface area contributed by atoms with Crippen molar-refractivity contribution in [3.8, 4) is 5.82 Å². The van der Waals surface area contributed by atoms with Crippen molar-refractivity contribution in [2.45, 2.75) is 0 Å². The summed E-state index contributed by atoms with van der Waals surface area (Å²) in [5, 5.41) is 13.4. The SMILES string of the molecule is O=C(O)c1c(-n2cc(I)cn2)nc2ccccn12. The molecule has 3 aromatic rings. The number of aromatic carboxylic acids is 1. The molecule has 7 heteroatoms. The molecule has 3 rings (SSSR count). The van der Waals surface area contributed by atoms with Crippen LogP contribution in [-0.2, 0) is 0 Å². The van der Waals surface area contributed by atoms with Crippen LogP contribution in [0.1, 0.15) is 10.5 Å². The minimum absolute atomic E-state index is 0.102. The number of hydrogen-bond acceptors (Lipinski definition) is 3. The number of carboxylic acids is 1. The first kappa shape index (κ1) is 11.2. The van der Waals surface area contributed by atoms with Gasteiger partial charge in [-0.15, -0.1) is 0 Å². The van der Waals surface area contributed by atoms with Gasteiger partial charge >= 0.3 is 5.97 Å². The molecule has 0 radical (unpaired) electrons. The van der Waals surface area contributed by atoms with Crippen molar-refractivity contribution < 1.29 is 9.90 Å². The van der Waals surface area contributed by atoms with E-state index in [4.69, 9.17) is 0 Å². The number of hydrogen-bond donors (Lipinski definition) is 1. The molecule has 6 nitrogen and oxygen atoms in total. The van der Waals surface area contributed by atoms with E-state index in [1.54, 1.807) is 30.7 Å². The molecular formula is C11H7IN4O2. The predicted octanol–water partition coefficient (Wildman–Crippen LogP) is 1.82. The standard InChI is InChI=1S/C11H7IN4O2/c12-7-5-13-16(6-7)10-9(11(17)18)15-4-2-1-3-8(15)14-10/h1-6H,(H,17,18). The van der Waals surface area contributed by atoms with Crippen LogP contribution in [0.25, 0.3) is 11.5 Å². The van der Waals surface area contributed by atoms with Gasteiger partial charge in [-0.1, -0.05) is 6.07 Å². The highest BCUT2D eigenvalue weighted by Crippen LogP contribution is 2.17. The van der Waals surface area contributed by atoms with Crippen molar-refractivity contribution in [1.29, 1.82) is 0 Å². The Balaban J connectivity index is 2.34. The van der Waals surface area contributed by atoms with Crippen LogP contribution >= 0.6 is 22.6 Å². The van der Waals surface area contributed by atoms with E-state index in [9.17, 15) is 9.90 Å². The molecule has 18 heavy (non-hydrogen) atoms. The van der Waals surface area contributed by atoms with E-state index in [1.807, 2.05) is 6.07 Å². The summed E-state index contributed by atoms with van der Waals surface area (Å²) in [4.78, 5) is 15.7. The van der Waals surface area contributed by atoms with Crippen molar-refractivity contribution >= 4 is 34.2 Å². The first-order valence-corrected chi connectivity index (χ1v) is 6.15. The van der Waals surface area contributed by atoms with Gasteiger partial charge in [0.1, 0.15) is 5.65 Å². The Morgan fingerprint density at radius 1 is 1.39 bits per heavy atom. The van der Waals surface area contributed by atoms with E-state index in [-0.39, 0.29) is 5.69 Å². The zero-order valence-corrected chi connectivity index (χ0v) is 11.1. The molecule has 0 saturated heterocycles. The number of imidazole rings is 1. The Morgan fingerprint density at radius 2 is 2.22 bits per heavy atom. The summed E-state index contributed by atoms with van der Waals surface area (Å²) in [6.07, 6.45) is 5.05. The molecule has 0 aliphatic rings. The Kier molecular flexibility index (Phi) is 2.54. The Morgan fingerprint density at radius 3 is 2.89 bits per heavy atom. The van der Waals surface area contributed by atoms with Crippen LogP contribution in [0.2, 0.25) is 0 Å². The minimum atomic E-state index is -1.03. The van der Waals surface area contributed by atoms with E-state index in [1.165, 1.54) is 9.08 Å². The molecule has 0 fully saturated rings. The number of carboxylic acid groups (broad SMARTS) is 1. The maximum Gasteiger partial charge on any atom is 0.356 e. The van der Waals surface area contributed by atoms with Gasteiger partial charge in [0.15, 0.2) is 11.5 Å². The lowest BCUT2D eigenvalue weighted by Gasteiger charge is -1.99. The summed E-state index contributed by atoms with van der Waals surface area (Å²) in [6, 6.07) is 5.33. The lowest BCUT2D eigenvalue weighted by atomic mass is 10.4. The number of rotatable bonds is 2. The Labute approximate surface area is 115 Å². The summed E-state index contributed by atoms with van der Waals surface area (Å²) in [5.74, 6) is -0.717. The molecule has 0 bridgehead atoms. The van der Waals surface area contributed by atoms with Crippen LogP contribution in [0, 0.1) is 3.57 Å². The molecule has 0 aromatic carbocycles. The van der Waals surface area contributed by atoms with Gasteiger partial charge in [-0.05, 0) is 34.7 Å². The molecule has 0 spiro atoms. The third-order valence-electron chi connectivity index (χ3n) is 2.48. The molecule has 90 valence electrons. The van der Waals surface area contributed by atoms with Crippen LogP contribution in [0.3, 0.4) is 0 Å². The van der Waals surface area contributed by atoms with Gasteiger partial charge in [-0.25, -0.2) is 14.5 Å². The number of fused-ring (bicyclic) bond motifs is 1. The second kappa shape index (κ2) is 4.09. The number of carbonyl (C=O) groups is 1. The lowest BCUT2D eigenvalue weighted by Crippen LogP contribution is -2.07. The lowest BCUT2D eigenvalue weighted by molar-refractivity contribution is 0.0689. The summed E-state index contributed by atoms with van der Waals surface area (Å²) < 4.78 is 3.92. The maximum absolute atomic E-state index is 11.4. The van der Waals surface area contributed by atoms with Crippen molar-refractivity contribution in [3.63, 3.8) is 0 Å². The molecule has 3 aromatic heterocycles. The van der Waals surface area contributed by atoms with Gasteiger partial charge in [0.05, 0.1) is 9.77 Å². The quantitative estimate of drug-likeness (QED) is 0.713. The van der Waals surface area contributed by atoms with Gasteiger partial charge < -0.3 is 5.11 Å². The first-order chi connectivity index (χ1) is 8.66. The molecule has 0 aliphatic heterocycles. The van der Waals surface area contributed by atoms with E-state index in [0.717, 1.165) is 3.57 Å². The monoisotopic (exact) mass is 354 g/mol. The highest BCUT2D eigenvalue weighted by atomic mass is 127. The number of nitrogens with zero attached hydrogens (tertiary/aromatic N) is 4. The predicted molar refractivity (Wildman–Crippen MR) is 72.0 cm³/mol. The second-order valence-corrected chi connectivity index (χ2v) is 4.87. The highest BCUT2D eigenvalue weighted by molar-refractivity contribution is 14.1. The Bertz CT molecular complexity index is 746. The van der Waals surface area contributed by atoms with Crippen LogP contribution < -0.4 is 0 Å². The van der Waals surface area contributed by atoms with E-state index < -0.39 is 5.97 Å². The molecule has 0 atom stereocenters.